The number of rotatable bonds is 4. The first-order chi connectivity index (χ1) is 9.67. The molecule has 3 unspecified atom stereocenters. The molecule has 3 rings (SSSR count). The van der Waals surface area contributed by atoms with Gasteiger partial charge in [0.2, 0.25) is 5.91 Å². The summed E-state index contributed by atoms with van der Waals surface area (Å²) in [5.74, 6) is 1.17. The minimum atomic E-state index is 0.0348. The van der Waals surface area contributed by atoms with E-state index in [9.17, 15) is 4.79 Å². The first-order valence-electron chi connectivity index (χ1n) is 7.37. The molecule has 2 fully saturated rings. The van der Waals surface area contributed by atoms with Gasteiger partial charge < -0.3 is 15.4 Å². The Morgan fingerprint density at radius 3 is 2.65 bits per heavy atom. The number of fused-ring (bicyclic) bond motifs is 2. The van der Waals surface area contributed by atoms with E-state index in [1.165, 1.54) is 6.42 Å². The summed E-state index contributed by atoms with van der Waals surface area (Å²) in [6, 6.07) is 8.85. The number of carbonyl (C=O) groups excluding carboxylic acids is 1. The van der Waals surface area contributed by atoms with Crippen molar-refractivity contribution in [3.63, 3.8) is 0 Å². The van der Waals surface area contributed by atoms with Gasteiger partial charge in [-0.1, -0.05) is 12.1 Å². The summed E-state index contributed by atoms with van der Waals surface area (Å²) in [6.07, 6.45) is 3.36. The molecule has 0 radical (unpaired) electrons. The molecule has 4 nitrogen and oxygen atoms in total. The summed E-state index contributed by atoms with van der Waals surface area (Å²) < 4.78 is 5.15. The molecule has 4 heteroatoms. The van der Waals surface area contributed by atoms with Gasteiger partial charge in [0, 0.05) is 12.1 Å². The van der Waals surface area contributed by atoms with Crippen molar-refractivity contribution in [3.8, 4) is 5.75 Å². The molecule has 2 N–H and O–H groups in total. The number of hydrogen-bond acceptors (Lipinski definition) is 3. The molecule has 2 aliphatic heterocycles. The van der Waals surface area contributed by atoms with Crippen LogP contribution in [0.3, 0.4) is 0 Å². The van der Waals surface area contributed by atoms with Crippen molar-refractivity contribution in [2.45, 2.75) is 44.3 Å². The highest BCUT2D eigenvalue weighted by Crippen LogP contribution is 2.33. The summed E-state index contributed by atoms with van der Waals surface area (Å²) >= 11 is 0. The van der Waals surface area contributed by atoms with Gasteiger partial charge in [0.05, 0.1) is 19.1 Å². The third-order valence-electron chi connectivity index (χ3n) is 4.61. The molecule has 0 aliphatic carbocycles. The lowest BCUT2D eigenvalue weighted by atomic mass is 9.88. The second kappa shape index (κ2) is 5.44. The van der Waals surface area contributed by atoms with Crippen molar-refractivity contribution in [3.05, 3.63) is 29.8 Å². The summed E-state index contributed by atoms with van der Waals surface area (Å²) in [4.78, 5) is 12.4. The minimum absolute atomic E-state index is 0.0348. The predicted molar refractivity (Wildman–Crippen MR) is 77.6 cm³/mol. The van der Waals surface area contributed by atoms with Gasteiger partial charge in [0.15, 0.2) is 0 Å². The second-order valence-electron chi connectivity index (χ2n) is 5.89. The molecule has 2 aliphatic rings. The first-order valence-corrected chi connectivity index (χ1v) is 7.37. The molecule has 0 saturated carbocycles. The fraction of sp³-hybridized carbons (Fsp3) is 0.562. The fourth-order valence-corrected chi connectivity index (χ4v) is 3.41. The van der Waals surface area contributed by atoms with Crippen molar-refractivity contribution in [2.24, 2.45) is 5.92 Å². The van der Waals surface area contributed by atoms with Crippen LogP contribution in [0.5, 0.6) is 5.75 Å². The molecule has 4 atom stereocenters. The normalized spacial score (nSPS) is 29.2. The van der Waals surface area contributed by atoms with Gasteiger partial charge in [0.25, 0.3) is 0 Å². The van der Waals surface area contributed by atoms with Gasteiger partial charge in [-0.2, -0.15) is 0 Å². The van der Waals surface area contributed by atoms with E-state index in [-0.39, 0.29) is 17.9 Å². The number of benzene rings is 1. The van der Waals surface area contributed by atoms with Crippen molar-refractivity contribution < 1.29 is 9.53 Å². The lowest BCUT2D eigenvalue weighted by Gasteiger charge is -2.22. The zero-order valence-electron chi connectivity index (χ0n) is 12.1. The molecule has 0 aromatic heterocycles. The van der Waals surface area contributed by atoms with Crippen LogP contribution in [-0.2, 0) is 4.79 Å². The van der Waals surface area contributed by atoms with Crippen molar-refractivity contribution >= 4 is 5.91 Å². The zero-order chi connectivity index (χ0) is 14.1. The first kappa shape index (κ1) is 13.4. The summed E-state index contributed by atoms with van der Waals surface area (Å²) in [5, 5.41) is 6.65. The number of methoxy groups -OCH3 is 1. The Kier molecular flexibility index (Phi) is 3.66. The molecule has 20 heavy (non-hydrogen) atoms. The Labute approximate surface area is 119 Å². The van der Waals surface area contributed by atoms with Gasteiger partial charge in [-0.15, -0.1) is 0 Å². The molecular formula is C16H22N2O2. The second-order valence-corrected chi connectivity index (χ2v) is 5.89. The molecule has 1 aromatic rings. The van der Waals surface area contributed by atoms with E-state index in [1.807, 2.05) is 31.2 Å². The van der Waals surface area contributed by atoms with Crippen LogP contribution in [0.25, 0.3) is 0 Å². The minimum Gasteiger partial charge on any atom is -0.497 e. The van der Waals surface area contributed by atoms with Crippen molar-refractivity contribution in [2.75, 3.05) is 7.11 Å². The van der Waals surface area contributed by atoms with Crippen LogP contribution >= 0.6 is 0 Å². The average Bonchev–Trinajstić information content (AvgIpc) is 3.10. The Morgan fingerprint density at radius 2 is 2.10 bits per heavy atom. The third-order valence-corrected chi connectivity index (χ3v) is 4.61. The highest BCUT2D eigenvalue weighted by Gasteiger charge is 2.42. The quantitative estimate of drug-likeness (QED) is 0.883. The Morgan fingerprint density at radius 1 is 1.35 bits per heavy atom. The number of amides is 1. The van der Waals surface area contributed by atoms with Crippen LogP contribution < -0.4 is 15.4 Å². The van der Waals surface area contributed by atoms with Crippen molar-refractivity contribution in [1.29, 1.82) is 0 Å². The maximum atomic E-state index is 12.4. The number of ether oxygens (including phenoxy) is 1. The molecule has 2 heterocycles. The van der Waals surface area contributed by atoms with E-state index in [0.29, 0.717) is 12.1 Å². The Hall–Kier alpha value is -1.55. The number of carbonyl (C=O) groups is 1. The van der Waals surface area contributed by atoms with Gasteiger partial charge in [0.1, 0.15) is 5.75 Å². The van der Waals surface area contributed by atoms with E-state index in [4.69, 9.17) is 4.74 Å². The van der Waals surface area contributed by atoms with Gasteiger partial charge >= 0.3 is 0 Å². The van der Waals surface area contributed by atoms with Crippen LogP contribution in [0.1, 0.15) is 37.8 Å². The third kappa shape index (κ3) is 2.52. The van der Waals surface area contributed by atoms with Crippen LogP contribution in [-0.4, -0.2) is 25.1 Å². The monoisotopic (exact) mass is 274 g/mol. The molecule has 2 bridgehead atoms. The molecular weight excluding hydrogens is 252 g/mol. The maximum Gasteiger partial charge on any atom is 0.225 e. The summed E-state index contributed by atoms with van der Waals surface area (Å²) in [5.41, 5.74) is 1.11. The van der Waals surface area contributed by atoms with Crippen LogP contribution in [0.4, 0.5) is 0 Å². The van der Waals surface area contributed by atoms with Crippen LogP contribution in [0.2, 0.25) is 0 Å². The topological polar surface area (TPSA) is 50.4 Å². The zero-order valence-corrected chi connectivity index (χ0v) is 12.1. The lowest BCUT2D eigenvalue weighted by Crippen LogP contribution is -2.38. The lowest BCUT2D eigenvalue weighted by molar-refractivity contribution is -0.126. The van der Waals surface area contributed by atoms with E-state index < -0.39 is 0 Å². The predicted octanol–water partition coefficient (Wildman–Crippen LogP) is 2.01. The molecule has 0 spiro atoms. The standard InChI is InChI=1S/C16H22N2O2/c1-10(11-3-6-13(20-2)7-4-11)17-16(19)14-9-12-5-8-15(14)18-12/h3-4,6-7,10,12,14-15,18H,5,8-9H2,1-2H3,(H,17,19)/t10-,12?,14?,15?/m1/s1. The van der Waals surface area contributed by atoms with Crippen molar-refractivity contribution in [1.82, 2.24) is 10.6 Å². The fourth-order valence-electron chi connectivity index (χ4n) is 3.41. The van der Waals surface area contributed by atoms with E-state index >= 15 is 0 Å². The van der Waals surface area contributed by atoms with E-state index in [2.05, 4.69) is 10.6 Å². The largest absolute Gasteiger partial charge is 0.497 e. The Bertz CT molecular complexity index is 486. The summed E-state index contributed by atoms with van der Waals surface area (Å²) in [6.45, 7) is 2.03. The van der Waals surface area contributed by atoms with E-state index in [0.717, 1.165) is 24.2 Å². The maximum absolute atomic E-state index is 12.4. The number of hydrogen-bond donors (Lipinski definition) is 2. The van der Waals surface area contributed by atoms with Gasteiger partial charge in [-0.05, 0) is 43.9 Å². The smallest absolute Gasteiger partial charge is 0.225 e. The highest BCUT2D eigenvalue weighted by atomic mass is 16.5. The molecule has 2 saturated heterocycles. The SMILES string of the molecule is COc1ccc([C@@H](C)NC(=O)C2CC3CCC2N3)cc1. The van der Waals surface area contributed by atoms with E-state index in [1.54, 1.807) is 7.11 Å². The Balaban J connectivity index is 1.60. The summed E-state index contributed by atoms with van der Waals surface area (Å²) in [7, 11) is 1.66. The molecule has 1 amide bonds. The van der Waals surface area contributed by atoms with Gasteiger partial charge in [-0.3, -0.25) is 4.79 Å². The number of nitrogens with one attached hydrogen (secondary N) is 2. The van der Waals surface area contributed by atoms with Crippen LogP contribution in [0.15, 0.2) is 24.3 Å². The molecule has 1 aromatic carbocycles. The van der Waals surface area contributed by atoms with Gasteiger partial charge in [-0.25, -0.2) is 0 Å². The average molecular weight is 274 g/mol. The highest BCUT2D eigenvalue weighted by molar-refractivity contribution is 5.80. The molecule has 108 valence electrons. The van der Waals surface area contributed by atoms with Crippen LogP contribution in [0, 0.1) is 5.92 Å².